The summed E-state index contributed by atoms with van der Waals surface area (Å²) >= 11 is 0.699. The van der Waals surface area contributed by atoms with Crippen LogP contribution in [0.25, 0.3) is 5.69 Å². The van der Waals surface area contributed by atoms with Crippen molar-refractivity contribution in [1.29, 1.82) is 0 Å². The van der Waals surface area contributed by atoms with Gasteiger partial charge in [0.15, 0.2) is 6.73 Å². The minimum absolute atomic E-state index is 0.0103. The predicted molar refractivity (Wildman–Crippen MR) is 144 cm³/mol. The highest BCUT2D eigenvalue weighted by molar-refractivity contribution is 8.13. The zero-order valence-electron chi connectivity index (χ0n) is 22.9. The zero-order valence-corrected chi connectivity index (χ0v) is 23.8. The molecule has 0 N–H and O–H groups in total. The molecule has 2 aromatic carbocycles. The van der Waals surface area contributed by atoms with Gasteiger partial charge in [-0.25, -0.2) is 9.69 Å². The Kier molecular flexibility index (Phi) is 9.13. The molecule has 1 atom stereocenters. The molecule has 1 aliphatic heterocycles. The molecule has 0 fully saturated rings. The number of imide groups is 1. The van der Waals surface area contributed by atoms with E-state index < -0.39 is 42.6 Å². The number of hydrogen-bond acceptors (Lipinski definition) is 10. The molecule has 0 bridgehead atoms. The Hall–Kier alpha value is -4.80. The van der Waals surface area contributed by atoms with Gasteiger partial charge < -0.3 is 9.64 Å². The first-order valence-corrected chi connectivity index (χ1v) is 13.6. The number of amides is 4. The van der Waals surface area contributed by atoms with Crippen LogP contribution in [-0.4, -0.2) is 91.0 Å². The summed E-state index contributed by atoms with van der Waals surface area (Å²) in [5, 5.41) is 10.8. The third-order valence-electron chi connectivity index (χ3n) is 6.40. The van der Waals surface area contributed by atoms with Crippen molar-refractivity contribution >= 4 is 46.4 Å². The fourth-order valence-electron chi connectivity index (χ4n) is 4.17. The molecule has 0 radical (unpaired) electrons. The third-order valence-corrected chi connectivity index (χ3v) is 7.27. The molecule has 1 aliphatic rings. The fraction of sp³-hybridized carbons (Fsp3) is 0.308. The van der Waals surface area contributed by atoms with Crippen molar-refractivity contribution in [2.45, 2.75) is 38.1 Å². The monoisotopic (exact) mass is 619 g/mol. The number of thioether (sulfide) groups is 1. The van der Waals surface area contributed by atoms with Gasteiger partial charge >= 0.3 is 18.1 Å². The number of halogens is 3. The summed E-state index contributed by atoms with van der Waals surface area (Å²) < 4.78 is 47.2. The van der Waals surface area contributed by atoms with Crippen LogP contribution in [0.3, 0.4) is 0 Å². The fourth-order valence-corrected chi connectivity index (χ4v) is 5.02. The van der Waals surface area contributed by atoms with Crippen LogP contribution in [0.1, 0.15) is 41.5 Å². The first-order chi connectivity index (χ1) is 20.4. The van der Waals surface area contributed by atoms with Gasteiger partial charge in [-0.15, -0.1) is 5.10 Å². The maximum absolute atomic E-state index is 13.7. The lowest BCUT2D eigenvalue weighted by Crippen LogP contribution is -2.50. The van der Waals surface area contributed by atoms with Crippen LogP contribution in [0.15, 0.2) is 53.7 Å². The van der Waals surface area contributed by atoms with Gasteiger partial charge in [0.2, 0.25) is 5.16 Å². The Balaban J connectivity index is 1.58. The summed E-state index contributed by atoms with van der Waals surface area (Å²) in [6.07, 6.45) is -5.39. The van der Waals surface area contributed by atoms with E-state index in [0.717, 1.165) is 23.7 Å². The second-order valence-corrected chi connectivity index (χ2v) is 9.88. The summed E-state index contributed by atoms with van der Waals surface area (Å²) in [4.78, 5) is 65.5. The lowest BCUT2D eigenvalue weighted by Gasteiger charge is -2.29. The molecule has 43 heavy (non-hydrogen) atoms. The number of rotatable bonds is 9. The van der Waals surface area contributed by atoms with E-state index in [0.29, 0.717) is 29.8 Å². The van der Waals surface area contributed by atoms with Crippen LogP contribution in [-0.2, 0) is 14.3 Å². The third kappa shape index (κ3) is 6.35. The van der Waals surface area contributed by atoms with Crippen molar-refractivity contribution in [3.8, 4) is 5.69 Å². The van der Waals surface area contributed by atoms with Gasteiger partial charge in [-0.05, 0) is 61.5 Å². The molecular weight excluding hydrogens is 595 g/mol. The normalized spacial score (nSPS) is 13.5. The quantitative estimate of drug-likeness (QED) is 0.199. The van der Waals surface area contributed by atoms with Crippen LogP contribution >= 0.6 is 11.8 Å². The highest BCUT2D eigenvalue weighted by atomic mass is 32.2. The lowest BCUT2D eigenvalue weighted by molar-refractivity contribution is -0.172. The van der Waals surface area contributed by atoms with E-state index in [1.807, 2.05) is 0 Å². The number of hydrogen-bond donors (Lipinski definition) is 0. The van der Waals surface area contributed by atoms with Crippen molar-refractivity contribution in [3.63, 3.8) is 0 Å². The topological polar surface area (TPSA) is 148 Å². The average molecular weight is 620 g/mol. The number of tetrazole rings is 1. The Labute approximate surface area is 246 Å². The molecule has 4 amide bonds. The number of ether oxygens (including phenoxy) is 1. The molecule has 226 valence electrons. The molecule has 17 heteroatoms. The Bertz CT molecular complexity index is 1540. The highest BCUT2D eigenvalue weighted by Gasteiger charge is 2.46. The number of esters is 1. The van der Waals surface area contributed by atoms with E-state index >= 15 is 0 Å². The van der Waals surface area contributed by atoms with Crippen molar-refractivity contribution < 1.29 is 41.9 Å². The standard InChI is InChI=1S/C26H24F3N7O6S/c1-4-33(5-2)25(41)43-24-30-31-32-36(24)17-10-8-9-16(13-17)35(23(40)26(27,28)29)15(3)22(39)42-14-34-20(37)18-11-6-7-12-19(18)21(34)38/h6-13,15H,4-5,14H2,1-3H3. The lowest BCUT2D eigenvalue weighted by atomic mass is 10.1. The van der Waals surface area contributed by atoms with Crippen LogP contribution < -0.4 is 4.90 Å². The number of fused-ring (bicyclic) bond motifs is 1. The van der Waals surface area contributed by atoms with Gasteiger partial charge in [0.05, 0.1) is 16.8 Å². The summed E-state index contributed by atoms with van der Waals surface area (Å²) in [7, 11) is 0. The maximum atomic E-state index is 13.7. The minimum Gasteiger partial charge on any atom is -0.442 e. The molecule has 0 saturated heterocycles. The van der Waals surface area contributed by atoms with Gasteiger partial charge in [0, 0.05) is 30.5 Å². The van der Waals surface area contributed by atoms with E-state index in [2.05, 4.69) is 15.5 Å². The van der Waals surface area contributed by atoms with E-state index in [9.17, 15) is 37.1 Å². The van der Waals surface area contributed by atoms with E-state index in [4.69, 9.17) is 4.74 Å². The van der Waals surface area contributed by atoms with E-state index in [1.165, 1.54) is 41.3 Å². The Morgan fingerprint density at radius 3 is 2.21 bits per heavy atom. The molecule has 3 aromatic rings. The van der Waals surface area contributed by atoms with Crippen molar-refractivity contribution in [2.75, 3.05) is 24.7 Å². The maximum Gasteiger partial charge on any atom is 0.471 e. The molecule has 4 rings (SSSR count). The number of carbonyl (C=O) groups excluding carboxylic acids is 5. The number of anilines is 1. The van der Waals surface area contributed by atoms with Gasteiger partial charge in [-0.3, -0.25) is 24.1 Å². The first-order valence-electron chi connectivity index (χ1n) is 12.8. The van der Waals surface area contributed by atoms with Crippen LogP contribution in [0.5, 0.6) is 0 Å². The Morgan fingerprint density at radius 2 is 1.63 bits per heavy atom. The minimum atomic E-state index is -5.39. The SMILES string of the molecule is CCN(CC)C(=O)Sc1nnnn1-c1cccc(N(C(=O)C(F)(F)F)C(C)C(=O)OCN2C(=O)c3ccccc3C2=O)c1. The zero-order chi connectivity index (χ0) is 31.5. The van der Waals surface area contributed by atoms with Crippen LogP contribution in [0, 0.1) is 0 Å². The smallest absolute Gasteiger partial charge is 0.442 e. The summed E-state index contributed by atoms with van der Waals surface area (Å²) in [5.74, 6) is -5.18. The summed E-state index contributed by atoms with van der Waals surface area (Å²) in [6.45, 7) is 4.54. The number of carbonyl (C=O) groups is 5. The summed E-state index contributed by atoms with van der Waals surface area (Å²) in [5.41, 5.74) is -0.113. The van der Waals surface area contributed by atoms with E-state index in [1.54, 1.807) is 13.8 Å². The Morgan fingerprint density at radius 1 is 1.00 bits per heavy atom. The van der Waals surface area contributed by atoms with Crippen LogP contribution in [0.4, 0.5) is 23.7 Å². The number of alkyl halides is 3. The molecule has 0 aliphatic carbocycles. The number of nitrogens with zero attached hydrogens (tertiary/aromatic N) is 7. The molecule has 1 unspecified atom stereocenters. The van der Waals surface area contributed by atoms with Crippen molar-refractivity contribution in [2.24, 2.45) is 0 Å². The second kappa shape index (κ2) is 12.6. The van der Waals surface area contributed by atoms with E-state index in [-0.39, 0.29) is 37.8 Å². The molecular formula is C26H24F3N7O6S. The van der Waals surface area contributed by atoms with Gasteiger partial charge in [0.25, 0.3) is 17.1 Å². The average Bonchev–Trinajstić information content (AvgIpc) is 3.54. The molecule has 1 aromatic heterocycles. The largest absolute Gasteiger partial charge is 0.471 e. The summed E-state index contributed by atoms with van der Waals surface area (Å²) in [6, 6.07) is 9.04. The van der Waals surface area contributed by atoms with Gasteiger partial charge in [-0.2, -0.15) is 17.9 Å². The van der Waals surface area contributed by atoms with Crippen LogP contribution in [0.2, 0.25) is 0 Å². The van der Waals surface area contributed by atoms with Gasteiger partial charge in [0.1, 0.15) is 6.04 Å². The van der Waals surface area contributed by atoms with Gasteiger partial charge in [-0.1, -0.05) is 18.2 Å². The highest BCUT2D eigenvalue weighted by Crippen LogP contribution is 2.29. The number of aromatic nitrogens is 4. The molecule has 13 nitrogen and oxygen atoms in total. The molecule has 2 heterocycles. The van der Waals surface area contributed by atoms with Crippen molar-refractivity contribution in [3.05, 3.63) is 59.7 Å². The first kappa shape index (κ1) is 31.1. The second-order valence-electron chi connectivity index (χ2n) is 8.96. The predicted octanol–water partition coefficient (Wildman–Crippen LogP) is 3.30. The van der Waals surface area contributed by atoms with Crippen molar-refractivity contribution in [1.82, 2.24) is 30.0 Å². The molecule has 0 spiro atoms. The molecule has 0 saturated carbocycles. The number of benzene rings is 2.